The number of anilines is 1. The number of benzene rings is 1. The molecule has 1 aromatic carbocycles. The summed E-state index contributed by atoms with van der Waals surface area (Å²) in [6.07, 6.45) is 0. The van der Waals surface area contributed by atoms with E-state index in [1.54, 1.807) is 16.6 Å². The van der Waals surface area contributed by atoms with Crippen molar-refractivity contribution in [2.75, 3.05) is 5.32 Å². The normalized spacial score (nSPS) is 10.8. The molecule has 0 aliphatic carbocycles. The van der Waals surface area contributed by atoms with Crippen LogP contribution < -0.4 is 5.32 Å². The van der Waals surface area contributed by atoms with Gasteiger partial charge in [0.15, 0.2) is 5.82 Å². The molecule has 1 amide bonds. The minimum Gasteiger partial charge on any atom is -0.296 e. The van der Waals surface area contributed by atoms with Gasteiger partial charge in [0, 0.05) is 5.56 Å². The lowest BCUT2D eigenvalue weighted by atomic mass is 10.1. The van der Waals surface area contributed by atoms with Gasteiger partial charge < -0.3 is 0 Å². The first-order valence-corrected chi connectivity index (χ1v) is 6.52. The van der Waals surface area contributed by atoms with Crippen LogP contribution >= 0.6 is 11.3 Å². The number of aromatic nitrogens is 4. The van der Waals surface area contributed by atoms with E-state index in [9.17, 15) is 4.79 Å². The minimum atomic E-state index is -0.178. The largest absolute Gasteiger partial charge is 0.296 e. The molecule has 7 heteroatoms. The Bertz CT molecular complexity index is 743. The van der Waals surface area contributed by atoms with Gasteiger partial charge in [-0.05, 0) is 26.0 Å². The summed E-state index contributed by atoms with van der Waals surface area (Å²) in [5.41, 5.74) is 1.72. The molecule has 2 heterocycles. The molecule has 96 valence electrons. The summed E-state index contributed by atoms with van der Waals surface area (Å²) in [4.78, 5) is 12.7. The molecule has 19 heavy (non-hydrogen) atoms. The number of carbonyl (C=O) groups excluding carboxylic acids is 1. The van der Waals surface area contributed by atoms with Crippen molar-refractivity contribution in [3.05, 3.63) is 41.2 Å². The summed E-state index contributed by atoms with van der Waals surface area (Å²) in [5.74, 6) is 0.518. The van der Waals surface area contributed by atoms with Crippen LogP contribution in [0, 0.1) is 13.8 Å². The predicted octanol–water partition coefficient (Wildman–Crippen LogP) is 2.05. The van der Waals surface area contributed by atoms with E-state index in [4.69, 9.17) is 0 Å². The topological polar surface area (TPSA) is 72.2 Å². The van der Waals surface area contributed by atoms with E-state index in [0.29, 0.717) is 21.5 Å². The van der Waals surface area contributed by atoms with Crippen LogP contribution in [0.5, 0.6) is 0 Å². The lowest BCUT2D eigenvalue weighted by Gasteiger charge is -2.01. The molecule has 3 rings (SSSR count). The van der Waals surface area contributed by atoms with E-state index in [-0.39, 0.29) is 5.91 Å². The maximum Gasteiger partial charge on any atom is 0.257 e. The number of fused-ring (bicyclic) bond motifs is 1. The van der Waals surface area contributed by atoms with Crippen molar-refractivity contribution >= 4 is 27.3 Å². The monoisotopic (exact) mass is 273 g/mol. The average Bonchev–Trinajstić information content (AvgIpc) is 2.93. The second kappa shape index (κ2) is 4.43. The Morgan fingerprint density at radius 3 is 2.63 bits per heavy atom. The molecule has 0 aliphatic heterocycles. The molecule has 0 fully saturated rings. The highest BCUT2D eigenvalue weighted by Crippen LogP contribution is 2.19. The molecule has 0 bridgehead atoms. The van der Waals surface area contributed by atoms with Crippen molar-refractivity contribution in [3.8, 4) is 0 Å². The Morgan fingerprint density at radius 2 is 1.95 bits per heavy atom. The zero-order valence-electron chi connectivity index (χ0n) is 10.4. The van der Waals surface area contributed by atoms with Crippen LogP contribution in [0.15, 0.2) is 24.3 Å². The number of nitrogens with one attached hydrogen (secondary N) is 1. The highest BCUT2D eigenvalue weighted by atomic mass is 32.1. The van der Waals surface area contributed by atoms with Crippen molar-refractivity contribution < 1.29 is 4.79 Å². The van der Waals surface area contributed by atoms with E-state index < -0.39 is 0 Å². The van der Waals surface area contributed by atoms with E-state index in [1.807, 2.05) is 26.0 Å². The standard InChI is InChI=1S/C12H11N5OS/c1-7-3-5-9(6-4-7)10(18)13-11-16-17-8(2)14-15-12(17)19-11/h3-6H,1-2H3,(H,13,16,18). The van der Waals surface area contributed by atoms with Crippen LogP contribution in [0.25, 0.3) is 4.96 Å². The zero-order valence-corrected chi connectivity index (χ0v) is 11.2. The van der Waals surface area contributed by atoms with Crippen LogP contribution in [-0.2, 0) is 0 Å². The maximum absolute atomic E-state index is 12.0. The highest BCUT2D eigenvalue weighted by Gasteiger charge is 2.12. The first kappa shape index (κ1) is 11.8. The fourth-order valence-electron chi connectivity index (χ4n) is 1.64. The molecule has 0 unspecified atom stereocenters. The van der Waals surface area contributed by atoms with Gasteiger partial charge in [0.1, 0.15) is 0 Å². The molecule has 0 saturated carbocycles. The third-order valence-corrected chi connectivity index (χ3v) is 3.50. The fraction of sp³-hybridized carbons (Fsp3) is 0.167. The Morgan fingerprint density at radius 1 is 1.21 bits per heavy atom. The van der Waals surface area contributed by atoms with Gasteiger partial charge in [-0.25, -0.2) is 0 Å². The molecule has 1 N–H and O–H groups in total. The summed E-state index contributed by atoms with van der Waals surface area (Å²) in [7, 11) is 0. The number of rotatable bonds is 2. The van der Waals surface area contributed by atoms with Crippen LogP contribution in [0.2, 0.25) is 0 Å². The van der Waals surface area contributed by atoms with E-state index in [2.05, 4.69) is 20.6 Å². The number of nitrogens with zero attached hydrogens (tertiary/aromatic N) is 4. The Labute approximate surface area is 113 Å². The minimum absolute atomic E-state index is 0.178. The van der Waals surface area contributed by atoms with Crippen molar-refractivity contribution in [1.29, 1.82) is 0 Å². The van der Waals surface area contributed by atoms with Crippen molar-refractivity contribution in [3.63, 3.8) is 0 Å². The molecular weight excluding hydrogens is 262 g/mol. The average molecular weight is 273 g/mol. The first-order chi connectivity index (χ1) is 9.13. The molecule has 2 aromatic heterocycles. The third kappa shape index (κ3) is 2.19. The molecular formula is C12H11N5OS. The molecule has 0 radical (unpaired) electrons. The lowest BCUT2D eigenvalue weighted by Crippen LogP contribution is -2.11. The summed E-state index contributed by atoms with van der Waals surface area (Å²) >= 11 is 1.29. The van der Waals surface area contributed by atoms with Gasteiger partial charge in [-0.2, -0.15) is 4.52 Å². The van der Waals surface area contributed by atoms with Crippen LogP contribution in [0.1, 0.15) is 21.7 Å². The number of hydrogen-bond donors (Lipinski definition) is 1. The van der Waals surface area contributed by atoms with Crippen molar-refractivity contribution in [1.82, 2.24) is 19.8 Å². The smallest absolute Gasteiger partial charge is 0.257 e. The summed E-state index contributed by atoms with van der Waals surface area (Å²) in [6.45, 7) is 3.79. The predicted molar refractivity (Wildman–Crippen MR) is 72.5 cm³/mol. The summed E-state index contributed by atoms with van der Waals surface area (Å²) in [6, 6.07) is 7.38. The van der Waals surface area contributed by atoms with Gasteiger partial charge in [-0.3, -0.25) is 10.1 Å². The Balaban J connectivity index is 1.84. The summed E-state index contributed by atoms with van der Waals surface area (Å²) in [5, 5.41) is 15.3. The van der Waals surface area contributed by atoms with E-state index in [0.717, 1.165) is 5.56 Å². The maximum atomic E-state index is 12.0. The number of aryl methyl sites for hydroxylation is 2. The van der Waals surface area contributed by atoms with Gasteiger partial charge >= 0.3 is 0 Å². The van der Waals surface area contributed by atoms with Crippen LogP contribution in [-0.4, -0.2) is 25.7 Å². The first-order valence-electron chi connectivity index (χ1n) is 5.70. The second-order valence-corrected chi connectivity index (χ2v) is 5.12. The van der Waals surface area contributed by atoms with Gasteiger partial charge in [0.25, 0.3) is 5.91 Å². The van der Waals surface area contributed by atoms with E-state index >= 15 is 0 Å². The molecule has 3 aromatic rings. The van der Waals surface area contributed by atoms with Crippen molar-refractivity contribution in [2.24, 2.45) is 0 Å². The molecule has 6 nitrogen and oxygen atoms in total. The molecule has 0 aliphatic rings. The number of amides is 1. The van der Waals surface area contributed by atoms with Crippen LogP contribution in [0.4, 0.5) is 5.13 Å². The molecule has 0 saturated heterocycles. The van der Waals surface area contributed by atoms with Gasteiger partial charge in [0.2, 0.25) is 10.1 Å². The Kier molecular flexibility index (Phi) is 2.75. The van der Waals surface area contributed by atoms with Gasteiger partial charge in [0.05, 0.1) is 0 Å². The fourth-order valence-corrected chi connectivity index (χ4v) is 2.42. The highest BCUT2D eigenvalue weighted by molar-refractivity contribution is 7.20. The molecule has 0 atom stereocenters. The number of hydrogen-bond acceptors (Lipinski definition) is 5. The quantitative estimate of drug-likeness (QED) is 0.775. The zero-order chi connectivity index (χ0) is 13.4. The molecule has 0 spiro atoms. The van der Waals surface area contributed by atoms with Crippen molar-refractivity contribution in [2.45, 2.75) is 13.8 Å². The SMILES string of the molecule is Cc1ccc(C(=O)Nc2nn3c(C)nnc3s2)cc1. The second-order valence-electron chi connectivity index (χ2n) is 4.17. The summed E-state index contributed by atoms with van der Waals surface area (Å²) < 4.78 is 1.61. The van der Waals surface area contributed by atoms with Crippen LogP contribution in [0.3, 0.4) is 0 Å². The lowest BCUT2D eigenvalue weighted by molar-refractivity contribution is 0.102. The Hall–Kier alpha value is -2.28. The van der Waals surface area contributed by atoms with Gasteiger partial charge in [-0.15, -0.1) is 15.3 Å². The number of carbonyl (C=O) groups is 1. The van der Waals surface area contributed by atoms with Gasteiger partial charge in [-0.1, -0.05) is 29.0 Å². The van der Waals surface area contributed by atoms with E-state index in [1.165, 1.54) is 11.3 Å². The third-order valence-electron chi connectivity index (χ3n) is 2.68.